The van der Waals surface area contributed by atoms with Crippen molar-refractivity contribution in [2.45, 2.75) is 73.8 Å². The summed E-state index contributed by atoms with van der Waals surface area (Å²) in [5.74, 6) is -8.02. The Morgan fingerprint density at radius 3 is 2.30 bits per heavy atom. The predicted molar refractivity (Wildman–Crippen MR) is 104 cm³/mol. The predicted octanol–water partition coefficient (Wildman–Crippen LogP) is 2.66. The molecule has 4 rings (SSSR count). The van der Waals surface area contributed by atoms with Crippen molar-refractivity contribution in [3.63, 3.8) is 0 Å². The third-order valence-electron chi connectivity index (χ3n) is 5.86. The number of hydrogen-bond acceptors (Lipinski definition) is 5. The van der Waals surface area contributed by atoms with Crippen LogP contribution in [0.3, 0.4) is 0 Å². The molecule has 2 fully saturated rings. The molecule has 0 radical (unpaired) electrons. The van der Waals surface area contributed by atoms with E-state index in [2.05, 4.69) is 10.0 Å². The quantitative estimate of drug-likeness (QED) is 0.503. The van der Waals surface area contributed by atoms with Crippen LogP contribution in [0.4, 0.5) is 31.3 Å². The molecule has 0 saturated heterocycles. The number of anilines is 1. The standard InChI is InChI=1S/C18H19F6N3O4S2/c19-7-3-9(4-7)27-33(30,31)13-10-5-8(25-16(29)18(22,23)24)1-2-12(10)32-15(13)26-14(28)11-6-17(11,20)21/h7-9,11,27H,1-6H2,(H,25,29)(H,26,28)/t7-,8-,9+,11?/m0/s1. The van der Waals surface area contributed by atoms with Gasteiger partial charge in [-0.25, -0.2) is 26.3 Å². The number of hydrogen-bond donors (Lipinski definition) is 3. The van der Waals surface area contributed by atoms with E-state index in [9.17, 15) is 44.3 Å². The Labute approximate surface area is 188 Å². The van der Waals surface area contributed by atoms with Gasteiger partial charge in [-0.15, -0.1) is 11.3 Å². The molecule has 1 unspecified atom stereocenters. The summed E-state index contributed by atoms with van der Waals surface area (Å²) in [6.07, 6.45) is -7.16. The fraction of sp³-hybridized carbons (Fsp3) is 0.667. The Morgan fingerprint density at radius 1 is 1.12 bits per heavy atom. The molecule has 2 atom stereocenters. The maximum Gasteiger partial charge on any atom is 0.471 e. The van der Waals surface area contributed by atoms with Crippen LogP contribution in [-0.2, 0) is 32.5 Å². The molecule has 1 aromatic heterocycles. The lowest BCUT2D eigenvalue weighted by Crippen LogP contribution is -2.46. The molecule has 7 nitrogen and oxygen atoms in total. The molecule has 184 valence electrons. The molecule has 0 aliphatic heterocycles. The van der Waals surface area contributed by atoms with Gasteiger partial charge in [0.25, 0.3) is 5.92 Å². The molecule has 33 heavy (non-hydrogen) atoms. The Balaban J connectivity index is 1.62. The number of rotatable bonds is 6. The van der Waals surface area contributed by atoms with Crippen molar-refractivity contribution in [1.82, 2.24) is 10.0 Å². The first-order valence-corrected chi connectivity index (χ1v) is 12.3. The maximum absolute atomic E-state index is 13.3. The van der Waals surface area contributed by atoms with E-state index in [0.29, 0.717) is 4.88 Å². The summed E-state index contributed by atoms with van der Waals surface area (Å²) in [6, 6.07) is -1.73. The lowest BCUT2D eigenvalue weighted by atomic mass is 9.92. The normalized spacial score (nSPS) is 28.4. The number of alkyl halides is 6. The van der Waals surface area contributed by atoms with Gasteiger partial charge in [0.2, 0.25) is 15.9 Å². The Bertz CT molecular complexity index is 1080. The van der Waals surface area contributed by atoms with Gasteiger partial charge in [0.15, 0.2) is 0 Å². The maximum atomic E-state index is 13.3. The summed E-state index contributed by atoms with van der Waals surface area (Å²) < 4.78 is 106. The molecule has 3 aliphatic rings. The molecular weight excluding hydrogens is 500 g/mol. The average molecular weight is 519 g/mol. The minimum atomic E-state index is -5.12. The van der Waals surface area contributed by atoms with Crippen molar-refractivity contribution in [3.05, 3.63) is 10.4 Å². The minimum Gasteiger partial charge on any atom is -0.345 e. The number of carbonyl (C=O) groups excluding carboxylic acids is 2. The number of sulfonamides is 1. The van der Waals surface area contributed by atoms with Crippen LogP contribution in [0.1, 0.15) is 36.1 Å². The van der Waals surface area contributed by atoms with Gasteiger partial charge < -0.3 is 10.6 Å². The molecule has 0 aromatic carbocycles. The number of amides is 2. The van der Waals surface area contributed by atoms with E-state index in [0.717, 1.165) is 11.3 Å². The van der Waals surface area contributed by atoms with Crippen molar-refractivity contribution in [3.8, 4) is 0 Å². The smallest absolute Gasteiger partial charge is 0.345 e. The van der Waals surface area contributed by atoms with E-state index in [4.69, 9.17) is 0 Å². The first-order valence-electron chi connectivity index (χ1n) is 10.0. The number of carbonyl (C=O) groups is 2. The number of halogens is 6. The largest absolute Gasteiger partial charge is 0.471 e. The van der Waals surface area contributed by atoms with Crippen molar-refractivity contribution in [1.29, 1.82) is 0 Å². The van der Waals surface area contributed by atoms with Crippen LogP contribution in [-0.4, -0.2) is 50.6 Å². The highest BCUT2D eigenvalue weighted by atomic mass is 32.2. The summed E-state index contributed by atoms with van der Waals surface area (Å²) in [4.78, 5) is 23.5. The Kier molecular flexibility index (Phi) is 5.97. The Morgan fingerprint density at radius 2 is 1.76 bits per heavy atom. The first-order chi connectivity index (χ1) is 15.2. The topological polar surface area (TPSA) is 104 Å². The van der Waals surface area contributed by atoms with Crippen LogP contribution < -0.4 is 15.4 Å². The van der Waals surface area contributed by atoms with Gasteiger partial charge in [-0.2, -0.15) is 13.2 Å². The van der Waals surface area contributed by atoms with Gasteiger partial charge in [0.05, 0.1) is 0 Å². The number of fused-ring (bicyclic) bond motifs is 1. The summed E-state index contributed by atoms with van der Waals surface area (Å²) in [5, 5.41) is 3.83. The van der Waals surface area contributed by atoms with Gasteiger partial charge in [-0.1, -0.05) is 0 Å². The van der Waals surface area contributed by atoms with Crippen molar-refractivity contribution in [2.75, 3.05) is 5.32 Å². The van der Waals surface area contributed by atoms with Gasteiger partial charge in [-0.05, 0) is 37.7 Å². The lowest BCUT2D eigenvalue weighted by Gasteiger charge is -2.30. The zero-order valence-corrected chi connectivity index (χ0v) is 18.4. The highest BCUT2D eigenvalue weighted by molar-refractivity contribution is 7.90. The van der Waals surface area contributed by atoms with Gasteiger partial charge in [0, 0.05) is 23.4 Å². The van der Waals surface area contributed by atoms with E-state index in [-0.39, 0.29) is 42.7 Å². The highest BCUT2D eigenvalue weighted by Crippen LogP contribution is 2.50. The monoisotopic (exact) mass is 519 g/mol. The molecule has 3 aliphatic carbocycles. The highest BCUT2D eigenvalue weighted by Gasteiger charge is 2.61. The molecule has 3 N–H and O–H groups in total. The van der Waals surface area contributed by atoms with Crippen molar-refractivity contribution in [2.24, 2.45) is 5.92 Å². The second-order valence-electron chi connectivity index (χ2n) is 8.47. The SMILES string of the molecule is O=C(Nc1sc2c(c1S(=O)(=O)N[C@H]1C[C@@H](F)C1)C[C@@H](NC(=O)C(F)(F)F)CC2)C1CC1(F)F. The molecule has 15 heteroatoms. The molecule has 1 heterocycles. The van der Waals surface area contributed by atoms with E-state index in [1.165, 1.54) is 0 Å². The van der Waals surface area contributed by atoms with Gasteiger partial charge in [-0.3, -0.25) is 9.59 Å². The lowest BCUT2D eigenvalue weighted by molar-refractivity contribution is -0.174. The Hall–Kier alpha value is -1.87. The number of nitrogens with one attached hydrogen (secondary N) is 3. The van der Waals surface area contributed by atoms with Crippen LogP contribution in [0.15, 0.2) is 4.90 Å². The van der Waals surface area contributed by atoms with E-state index in [1.807, 2.05) is 5.32 Å². The van der Waals surface area contributed by atoms with Crippen LogP contribution in [0, 0.1) is 5.92 Å². The molecular formula is C18H19F6N3O4S2. The average Bonchev–Trinajstić information content (AvgIpc) is 3.14. The van der Waals surface area contributed by atoms with Crippen LogP contribution in [0.25, 0.3) is 0 Å². The fourth-order valence-corrected chi connectivity index (χ4v) is 7.17. The molecule has 0 spiro atoms. The summed E-state index contributed by atoms with van der Waals surface area (Å²) in [7, 11) is -4.38. The van der Waals surface area contributed by atoms with Crippen LogP contribution in [0.2, 0.25) is 0 Å². The summed E-state index contributed by atoms with van der Waals surface area (Å²) in [5.41, 5.74) is 0.0974. The van der Waals surface area contributed by atoms with Crippen LogP contribution in [0.5, 0.6) is 0 Å². The fourth-order valence-electron chi connectivity index (χ4n) is 3.93. The molecule has 0 bridgehead atoms. The second kappa shape index (κ2) is 8.12. The molecule has 2 saturated carbocycles. The van der Waals surface area contributed by atoms with E-state index >= 15 is 0 Å². The summed E-state index contributed by atoms with van der Waals surface area (Å²) >= 11 is 0.837. The zero-order valence-electron chi connectivity index (χ0n) is 16.8. The van der Waals surface area contributed by atoms with Crippen LogP contribution >= 0.6 is 11.3 Å². The summed E-state index contributed by atoms with van der Waals surface area (Å²) in [6.45, 7) is 0. The first kappa shape index (κ1) is 24.3. The number of aryl methyl sites for hydroxylation is 1. The van der Waals surface area contributed by atoms with Gasteiger partial charge >= 0.3 is 12.1 Å². The third kappa shape index (κ3) is 4.99. The molecule has 1 aromatic rings. The van der Waals surface area contributed by atoms with E-state index < -0.39 is 69.4 Å². The third-order valence-corrected chi connectivity index (χ3v) is 8.82. The van der Waals surface area contributed by atoms with E-state index in [1.54, 1.807) is 0 Å². The minimum absolute atomic E-state index is 0.0637. The van der Waals surface area contributed by atoms with Gasteiger partial charge in [0.1, 0.15) is 22.0 Å². The second-order valence-corrected chi connectivity index (χ2v) is 11.2. The molecule has 2 amide bonds. The number of thiophene rings is 1. The van der Waals surface area contributed by atoms with Crippen molar-refractivity contribution < 1.29 is 44.3 Å². The zero-order chi connectivity index (χ0) is 24.3. The van der Waals surface area contributed by atoms with Crippen molar-refractivity contribution >= 4 is 38.2 Å².